The van der Waals surface area contributed by atoms with E-state index in [-0.39, 0.29) is 6.42 Å². The average molecular weight is 425 g/mol. The van der Waals surface area contributed by atoms with Crippen LogP contribution in [-0.2, 0) is 17.8 Å². The Hall–Kier alpha value is -4.19. The number of aromatic nitrogens is 1. The van der Waals surface area contributed by atoms with Gasteiger partial charge in [0.2, 0.25) is 5.91 Å². The van der Waals surface area contributed by atoms with Crippen LogP contribution in [-0.4, -0.2) is 22.8 Å². The van der Waals surface area contributed by atoms with E-state index in [0.717, 1.165) is 16.5 Å². The van der Waals surface area contributed by atoms with Crippen molar-refractivity contribution < 1.29 is 14.3 Å². The monoisotopic (exact) mass is 425 g/mol. The van der Waals surface area contributed by atoms with Gasteiger partial charge in [-0.3, -0.25) is 14.6 Å². The van der Waals surface area contributed by atoms with E-state index in [9.17, 15) is 9.59 Å². The molecule has 0 radical (unpaired) electrons. The molecular weight excluding hydrogens is 402 g/mol. The van der Waals surface area contributed by atoms with Crippen molar-refractivity contribution in [2.75, 3.05) is 0 Å². The quantitative estimate of drug-likeness (QED) is 0.451. The van der Waals surface area contributed by atoms with Crippen molar-refractivity contribution >= 4 is 22.7 Å². The second kappa shape index (κ2) is 9.75. The SMILES string of the molecule is NC(=O)[C@@H](Cc1cccc(OCc2ccccc2)c1)NC(=O)c1cccc2cccnc12. The molecule has 1 atom stereocenters. The number of hydrogen-bond donors (Lipinski definition) is 2. The molecule has 1 aromatic heterocycles. The van der Waals surface area contributed by atoms with Crippen LogP contribution in [0.1, 0.15) is 21.5 Å². The zero-order chi connectivity index (χ0) is 22.3. The number of amides is 2. The Balaban J connectivity index is 1.46. The standard InChI is InChI=1S/C26H23N3O3/c27-25(30)23(29-26(31)22-13-5-10-20-11-6-14-28-24(20)22)16-19-9-4-12-21(15-19)32-17-18-7-2-1-3-8-18/h1-15,23H,16-17H2,(H2,27,30)(H,29,31)/t23-/m1/s1. The summed E-state index contributed by atoms with van der Waals surface area (Å²) in [7, 11) is 0. The van der Waals surface area contributed by atoms with Crippen LogP contribution in [0.3, 0.4) is 0 Å². The van der Waals surface area contributed by atoms with Gasteiger partial charge in [0.15, 0.2) is 0 Å². The molecule has 6 heteroatoms. The molecule has 160 valence electrons. The molecule has 0 aliphatic carbocycles. The van der Waals surface area contributed by atoms with Crippen LogP contribution in [0.15, 0.2) is 91.1 Å². The Morgan fingerprint density at radius 3 is 2.47 bits per heavy atom. The lowest BCUT2D eigenvalue weighted by molar-refractivity contribution is -0.119. The maximum absolute atomic E-state index is 12.9. The Bertz CT molecular complexity index is 1240. The number of para-hydroxylation sites is 1. The van der Waals surface area contributed by atoms with E-state index in [1.807, 2.05) is 72.8 Å². The number of pyridine rings is 1. The van der Waals surface area contributed by atoms with E-state index in [1.54, 1.807) is 18.3 Å². The van der Waals surface area contributed by atoms with Gasteiger partial charge in [0, 0.05) is 18.0 Å². The second-order valence-electron chi connectivity index (χ2n) is 7.43. The van der Waals surface area contributed by atoms with Crippen molar-refractivity contribution in [3.63, 3.8) is 0 Å². The number of primary amides is 1. The first-order chi connectivity index (χ1) is 15.6. The predicted octanol–water partition coefficient (Wildman–Crippen LogP) is 3.64. The molecule has 0 spiro atoms. The van der Waals surface area contributed by atoms with E-state index in [1.165, 1.54) is 0 Å². The average Bonchev–Trinajstić information content (AvgIpc) is 2.83. The fourth-order valence-electron chi connectivity index (χ4n) is 3.49. The maximum atomic E-state index is 12.9. The van der Waals surface area contributed by atoms with Gasteiger partial charge < -0.3 is 15.8 Å². The molecule has 4 aromatic rings. The van der Waals surface area contributed by atoms with Gasteiger partial charge in [-0.15, -0.1) is 0 Å². The highest BCUT2D eigenvalue weighted by Gasteiger charge is 2.21. The molecule has 0 aliphatic heterocycles. The molecule has 1 heterocycles. The van der Waals surface area contributed by atoms with Crippen molar-refractivity contribution in [1.82, 2.24) is 10.3 Å². The van der Waals surface area contributed by atoms with Gasteiger partial charge >= 0.3 is 0 Å². The summed E-state index contributed by atoms with van der Waals surface area (Å²) in [6.07, 6.45) is 1.88. The van der Waals surface area contributed by atoms with Gasteiger partial charge in [-0.2, -0.15) is 0 Å². The van der Waals surface area contributed by atoms with E-state index in [2.05, 4.69) is 10.3 Å². The Morgan fingerprint density at radius 1 is 0.906 bits per heavy atom. The van der Waals surface area contributed by atoms with Crippen molar-refractivity contribution in [3.05, 3.63) is 108 Å². The molecule has 4 rings (SSSR count). The first kappa shape index (κ1) is 21.1. The molecule has 0 unspecified atom stereocenters. The minimum Gasteiger partial charge on any atom is -0.489 e. The summed E-state index contributed by atoms with van der Waals surface area (Å²) in [5.74, 6) is -0.323. The first-order valence-corrected chi connectivity index (χ1v) is 10.3. The number of nitrogens with two attached hydrogens (primary N) is 1. The van der Waals surface area contributed by atoms with Crippen molar-refractivity contribution in [3.8, 4) is 5.75 Å². The second-order valence-corrected chi connectivity index (χ2v) is 7.43. The Labute approximate surface area is 186 Å². The number of benzene rings is 3. The highest BCUT2D eigenvalue weighted by Crippen LogP contribution is 2.18. The molecular formula is C26H23N3O3. The van der Waals surface area contributed by atoms with Crippen molar-refractivity contribution in [2.45, 2.75) is 19.1 Å². The molecule has 3 aromatic carbocycles. The largest absolute Gasteiger partial charge is 0.489 e. The number of carbonyl (C=O) groups is 2. The molecule has 0 aliphatic rings. The van der Waals surface area contributed by atoms with Gasteiger partial charge in [0.05, 0.1) is 11.1 Å². The summed E-state index contributed by atoms with van der Waals surface area (Å²) in [5, 5.41) is 3.60. The minimum atomic E-state index is -0.870. The summed E-state index contributed by atoms with van der Waals surface area (Å²) in [5.41, 5.74) is 8.46. The molecule has 0 bridgehead atoms. The summed E-state index contributed by atoms with van der Waals surface area (Å²) in [6.45, 7) is 0.439. The first-order valence-electron chi connectivity index (χ1n) is 10.3. The third kappa shape index (κ3) is 5.10. The predicted molar refractivity (Wildman–Crippen MR) is 123 cm³/mol. The lowest BCUT2D eigenvalue weighted by Crippen LogP contribution is -2.45. The fourth-order valence-corrected chi connectivity index (χ4v) is 3.49. The topological polar surface area (TPSA) is 94.3 Å². The van der Waals surface area contributed by atoms with Gasteiger partial charge in [-0.1, -0.05) is 60.7 Å². The van der Waals surface area contributed by atoms with Gasteiger partial charge in [0.25, 0.3) is 5.91 Å². The van der Waals surface area contributed by atoms with Gasteiger partial charge in [0.1, 0.15) is 18.4 Å². The van der Waals surface area contributed by atoms with Crippen LogP contribution in [0.5, 0.6) is 5.75 Å². The number of nitrogens with one attached hydrogen (secondary N) is 1. The molecule has 0 saturated carbocycles. The van der Waals surface area contributed by atoms with Gasteiger partial charge in [-0.05, 0) is 35.4 Å². The highest BCUT2D eigenvalue weighted by atomic mass is 16.5. The molecule has 0 fully saturated rings. The highest BCUT2D eigenvalue weighted by molar-refractivity contribution is 6.06. The maximum Gasteiger partial charge on any atom is 0.254 e. The molecule has 2 amide bonds. The van der Waals surface area contributed by atoms with Crippen LogP contribution in [0, 0.1) is 0 Å². The Kier molecular flexibility index (Phi) is 6.41. The van der Waals surface area contributed by atoms with Crippen LogP contribution < -0.4 is 15.8 Å². The van der Waals surface area contributed by atoms with E-state index < -0.39 is 17.9 Å². The van der Waals surface area contributed by atoms with E-state index >= 15 is 0 Å². The third-order valence-electron chi connectivity index (χ3n) is 5.11. The minimum absolute atomic E-state index is 0.252. The van der Waals surface area contributed by atoms with Crippen molar-refractivity contribution in [1.29, 1.82) is 0 Å². The fraction of sp³-hybridized carbons (Fsp3) is 0.115. The lowest BCUT2D eigenvalue weighted by atomic mass is 10.0. The van der Waals surface area contributed by atoms with Crippen LogP contribution in [0.2, 0.25) is 0 Å². The molecule has 6 nitrogen and oxygen atoms in total. The van der Waals surface area contributed by atoms with Crippen molar-refractivity contribution in [2.24, 2.45) is 5.73 Å². The van der Waals surface area contributed by atoms with Gasteiger partial charge in [-0.25, -0.2) is 0 Å². The number of ether oxygens (including phenoxy) is 1. The number of rotatable bonds is 8. The summed E-state index contributed by atoms with van der Waals surface area (Å²) in [6, 6.07) is 25.4. The molecule has 0 saturated heterocycles. The smallest absolute Gasteiger partial charge is 0.254 e. The summed E-state index contributed by atoms with van der Waals surface area (Å²) < 4.78 is 5.86. The number of nitrogens with zero attached hydrogens (tertiary/aromatic N) is 1. The summed E-state index contributed by atoms with van der Waals surface area (Å²) >= 11 is 0. The van der Waals surface area contributed by atoms with Crippen LogP contribution >= 0.6 is 0 Å². The van der Waals surface area contributed by atoms with Crippen LogP contribution in [0.25, 0.3) is 10.9 Å². The zero-order valence-corrected chi connectivity index (χ0v) is 17.4. The summed E-state index contributed by atoms with van der Waals surface area (Å²) in [4.78, 5) is 29.3. The lowest BCUT2D eigenvalue weighted by Gasteiger charge is -2.17. The molecule has 3 N–H and O–H groups in total. The normalized spacial score (nSPS) is 11.6. The molecule has 32 heavy (non-hydrogen) atoms. The van der Waals surface area contributed by atoms with E-state index in [4.69, 9.17) is 10.5 Å². The zero-order valence-electron chi connectivity index (χ0n) is 17.4. The number of carbonyl (C=O) groups excluding carboxylic acids is 2. The van der Waals surface area contributed by atoms with E-state index in [0.29, 0.717) is 23.4 Å². The number of hydrogen-bond acceptors (Lipinski definition) is 4. The Morgan fingerprint density at radius 2 is 1.66 bits per heavy atom. The third-order valence-corrected chi connectivity index (χ3v) is 5.11. The van der Waals surface area contributed by atoms with Crippen LogP contribution in [0.4, 0.5) is 0 Å². The number of fused-ring (bicyclic) bond motifs is 1.